The van der Waals surface area contributed by atoms with Crippen molar-refractivity contribution in [1.82, 2.24) is 10.2 Å². The molecule has 5 nitrogen and oxygen atoms in total. The number of halogens is 1. The van der Waals surface area contributed by atoms with E-state index >= 15 is 0 Å². The van der Waals surface area contributed by atoms with E-state index in [4.69, 9.17) is 5.73 Å². The van der Waals surface area contributed by atoms with Crippen LogP contribution in [0.15, 0.2) is 0 Å². The number of carbonyl (C=O) groups excluding carboxylic acids is 2. The molecule has 0 radical (unpaired) electrons. The minimum absolute atomic E-state index is 0. The molecule has 1 heterocycles. The number of likely N-dealkylation sites (tertiary alicyclic amines) is 1. The zero-order valence-electron chi connectivity index (χ0n) is 13.5. The predicted octanol–water partition coefficient (Wildman–Crippen LogP) is 1.69. The van der Waals surface area contributed by atoms with Gasteiger partial charge in [-0.05, 0) is 18.3 Å². The molecule has 124 valence electrons. The number of nitrogens with one attached hydrogen (secondary N) is 1. The largest absolute Gasteiger partial charge is 0.354 e. The summed E-state index contributed by atoms with van der Waals surface area (Å²) < 4.78 is 0. The lowest BCUT2D eigenvalue weighted by Gasteiger charge is -2.26. The van der Waals surface area contributed by atoms with Gasteiger partial charge in [-0.2, -0.15) is 0 Å². The average Bonchev–Trinajstić information content (AvgIpc) is 2.65. The van der Waals surface area contributed by atoms with E-state index in [2.05, 4.69) is 5.32 Å². The number of rotatable bonds is 4. The second-order valence-electron chi connectivity index (χ2n) is 6.68. The van der Waals surface area contributed by atoms with Gasteiger partial charge >= 0.3 is 0 Å². The molecule has 0 bridgehead atoms. The summed E-state index contributed by atoms with van der Waals surface area (Å²) in [6, 6.07) is -0.546. The molecule has 21 heavy (non-hydrogen) atoms. The summed E-state index contributed by atoms with van der Waals surface area (Å²) in [4.78, 5) is 25.8. The molecule has 0 aromatic carbocycles. The molecule has 2 amide bonds. The third kappa shape index (κ3) is 7.14. The maximum atomic E-state index is 12.0. The summed E-state index contributed by atoms with van der Waals surface area (Å²) in [5.41, 5.74) is 5.60. The van der Waals surface area contributed by atoms with Crippen molar-refractivity contribution in [1.29, 1.82) is 0 Å². The fourth-order valence-electron chi connectivity index (χ4n) is 2.27. The Morgan fingerprint density at radius 3 is 2.14 bits per heavy atom. The van der Waals surface area contributed by atoms with Crippen LogP contribution in [0.25, 0.3) is 0 Å². The normalized spacial score (nSPS) is 17.4. The van der Waals surface area contributed by atoms with Gasteiger partial charge in [-0.25, -0.2) is 0 Å². The molecule has 0 unspecified atom stereocenters. The summed E-state index contributed by atoms with van der Waals surface area (Å²) in [5, 5.41) is 2.76. The van der Waals surface area contributed by atoms with Gasteiger partial charge in [0.05, 0.1) is 6.04 Å². The summed E-state index contributed by atoms with van der Waals surface area (Å²) in [7, 11) is 0. The van der Waals surface area contributed by atoms with E-state index in [9.17, 15) is 9.59 Å². The van der Waals surface area contributed by atoms with Gasteiger partial charge in [0, 0.05) is 26.1 Å². The number of carbonyl (C=O) groups is 2. The Hall–Kier alpha value is -0.810. The van der Waals surface area contributed by atoms with Crippen LogP contribution in [0.1, 0.15) is 52.9 Å². The van der Waals surface area contributed by atoms with Gasteiger partial charge in [0.15, 0.2) is 0 Å². The Kier molecular flexibility index (Phi) is 8.90. The van der Waals surface area contributed by atoms with Crippen molar-refractivity contribution in [3.05, 3.63) is 0 Å². The van der Waals surface area contributed by atoms with Crippen molar-refractivity contribution < 1.29 is 9.59 Å². The van der Waals surface area contributed by atoms with Gasteiger partial charge in [0.1, 0.15) is 0 Å². The first-order valence-electron chi connectivity index (χ1n) is 7.63. The minimum Gasteiger partial charge on any atom is -0.354 e. The van der Waals surface area contributed by atoms with Crippen LogP contribution >= 0.6 is 12.4 Å². The Labute approximate surface area is 134 Å². The molecule has 1 atom stereocenters. The van der Waals surface area contributed by atoms with Crippen molar-refractivity contribution in [3.63, 3.8) is 0 Å². The van der Waals surface area contributed by atoms with Crippen molar-refractivity contribution in [3.8, 4) is 0 Å². The summed E-state index contributed by atoms with van der Waals surface area (Å²) in [6.07, 6.45) is 4.96. The number of nitrogens with zero attached hydrogens (tertiary/aromatic N) is 1. The van der Waals surface area contributed by atoms with E-state index in [0.29, 0.717) is 13.0 Å². The zero-order chi connectivity index (χ0) is 15.2. The van der Waals surface area contributed by atoms with Crippen LogP contribution in [0.5, 0.6) is 0 Å². The Balaban J connectivity index is 0.00000400. The Morgan fingerprint density at radius 2 is 1.67 bits per heavy atom. The number of hydrogen-bond donors (Lipinski definition) is 2. The topological polar surface area (TPSA) is 75.4 Å². The summed E-state index contributed by atoms with van der Waals surface area (Å²) in [5.74, 6) is -0.0438. The molecule has 0 aromatic rings. The van der Waals surface area contributed by atoms with Gasteiger partial charge < -0.3 is 16.0 Å². The molecule has 1 aliphatic rings. The van der Waals surface area contributed by atoms with E-state index < -0.39 is 6.04 Å². The second kappa shape index (κ2) is 9.26. The van der Waals surface area contributed by atoms with E-state index in [-0.39, 0.29) is 29.6 Å². The van der Waals surface area contributed by atoms with E-state index in [1.807, 2.05) is 25.7 Å². The standard InChI is InChI=1S/C15H29N3O2.ClH/c1-15(2,3)13(16)14(20)17-9-8-12(19)18-10-6-4-5-7-11-18;/h13H,4-11,16H2,1-3H3,(H,17,20);1H/t13-;/m1./s1. The molecule has 0 aromatic heterocycles. The van der Waals surface area contributed by atoms with Crippen molar-refractivity contribution >= 4 is 24.2 Å². The van der Waals surface area contributed by atoms with Crippen LogP contribution in [-0.2, 0) is 9.59 Å². The summed E-state index contributed by atoms with van der Waals surface area (Å²) >= 11 is 0. The first kappa shape index (κ1) is 20.2. The van der Waals surface area contributed by atoms with Gasteiger partial charge in [0.2, 0.25) is 11.8 Å². The lowest BCUT2D eigenvalue weighted by Crippen LogP contribution is -2.49. The Bertz CT molecular complexity index is 334. The minimum atomic E-state index is -0.546. The molecule has 0 spiro atoms. The molecule has 1 fully saturated rings. The lowest BCUT2D eigenvalue weighted by molar-refractivity contribution is -0.131. The van der Waals surface area contributed by atoms with Gasteiger partial charge in [0.25, 0.3) is 0 Å². The van der Waals surface area contributed by atoms with Crippen LogP contribution in [0.4, 0.5) is 0 Å². The molecular weight excluding hydrogens is 290 g/mol. The number of hydrogen-bond acceptors (Lipinski definition) is 3. The van der Waals surface area contributed by atoms with Crippen LogP contribution in [0, 0.1) is 5.41 Å². The third-order valence-corrected chi connectivity index (χ3v) is 3.81. The quantitative estimate of drug-likeness (QED) is 0.828. The first-order valence-corrected chi connectivity index (χ1v) is 7.63. The molecule has 1 saturated heterocycles. The van der Waals surface area contributed by atoms with Crippen LogP contribution in [0.2, 0.25) is 0 Å². The highest BCUT2D eigenvalue weighted by molar-refractivity contribution is 5.85. The average molecular weight is 320 g/mol. The molecule has 0 aliphatic carbocycles. The van der Waals surface area contributed by atoms with Gasteiger partial charge in [-0.1, -0.05) is 33.6 Å². The highest BCUT2D eigenvalue weighted by Gasteiger charge is 2.27. The molecule has 3 N–H and O–H groups in total. The van der Waals surface area contributed by atoms with Crippen LogP contribution in [0.3, 0.4) is 0 Å². The molecular formula is C15H30ClN3O2. The predicted molar refractivity (Wildman–Crippen MR) is 87.4 cm³/mol. The lowest BCUT2D eigenvalue weighted by atomic mass is 9.87. The molecule has 0 saturated carbocycles. The van der Waals surface area contributed by atoms with E-state index in [1.54, 1.807) is 0 Å². The van der Waals surface area contributed by atoms with Crippen molar-refractivity contribution in [2.24, 2.45) is 11.1 Å². The van der Waals surface area contributed by atoms with E-state index in [1.165, 1.54) is 12.8 Å². The number of amides is 2. The highest BCUT2D eigenvalue weighted by Crippen LogP contribution is 2.17. The monoisotopic (exact) mass is 319 g/mol. The smallest absolute Gasteiger partial charge is 0.237 e. The van der Waals surface area contributed by atoms with E-state index in [0.717, 1.165) is 25.9 Å². The van der Waals surface area contributed by atoms with Crippen molar-refractivity contribution in [2.75, 3.05) is 19.6 Å². The molecule has 1 rings (SSSR count). The molecule has 6 heteroatoms. The fourth-order valence-corrected chi connectivity index (χ4v) is 2.27. The second-order valence-corrected chi connectivity index (χ2v) is 6.68. The third-order valence-electron chi connectivity index (χ3n) is 3.81. The Morgan fingerprint density at radius 1 is 1.14 bits per heavy atom. The van der Waals surface area contributed by atoms with Gasteiger partial charge in [-0.15, -0.1) is 12.4 Å². The maximum Gasteiger partial charge on any atom is 0.237 e. The fraction of sp³-hybridized carbons (Fsp3) is 0.867. The van der Waals surface area contributed by atoms with Crippen LogP contribution < -0.4 is 11.1 Å². The summed E-state index contributed by atoms with van der Waals surface area (Å²) in [6.45, 7) is 7.87. The highest BCUT2D eigenvalue weighted by atomic mass is 35.5. The zero-order valence-corrected chi connectivity index (χ0v) is 14.3. The number of nitrogens with two attached hydrogens (primary N) is 1. The molecule has 1 aliphatic heterocycles. The van der Waals surface area contributed by atoms with Crippen LogP contribution in [-0.4, -0.2) is 42.4 Å². The maximum absolute atomic E-state index is 12.0. The van der Waals surface area contributed by atoms with Gasteiger partial charge in [-0.3, -0.25) is 9.59 Å². The SMILES string of the molecule is CC(C)(C)[C@H](N)C(=O)NCCC(=O)N1CCCCCC1.Cl. The van der Waals surface area contributed by atoms with Crippen molar-refractivity contribution in [2.45, 2.75) is 58.9 Å². The first-order chi connectivity index (χ1) is 9.32.